The Labute approximate surface area is 103 Å². The number of ketones is 1. The van der Waals surface area contributed by atoms with Gasteiger partial charge in [-0.3, -0.25) is 14.6 Å². The summed E-state index contributed by atoms with van der Waals surface area (Å²) in [5.74, 6) is -0.0336. The SMILES string of the molecule is O=C(CCn1ccc(=O)[nH]c1=O)c1ccccc1. The molecule has 0 atom stereocenters. The van der Waals surface area contributed by atoms with E-state index in [0.29, 0.717) is 5.56 Å². The molecule has 1 aromatic carbocycles. The second kappa shape index (κ2) is 5.27. The molecule has 0 bridgehead atoms. The number of aryl methyl sites for hydroxylation is 1. The lowest BCUT2D eigenvalue weighted by Gasteiger charge is -2.03. The maximum Gasteiger partial charge on any atom is 0.328 e. The molecule has 0 aliphatic heterocycles. The van der Waals surface area contributed by atoms with E-state index in [0.717, 1.165) is 0 Å². The second-order valence-electron chi connectivity index (χ2n) is 3.84. The molecule has 0 amide bonds. The highest BCUT2D eigenvalue weighted by molar-refractivity contribution is 5.95. The molecule has 0 saturated heterocycles. The van der Waals surface area contributed by atoms with Crippen LogP contribution in [0.5, 0.6) is 0 Å². The minimum atomic E-state index is -0.497. The fraction of sp³-hybridized carbons (Fsp3) is 0.154. The molecule has 1 N–H and O–H groups in total. The lowest BCUT2D eigenvalue weighted by atomic mass is 10.1. The molecule has 92 valence electrons. The Balaban J connectivity index is 2.06. The first-order chi connectivity index (χ1) is 8.66. The highest BCUT2D eigenvalue weighted by atomic mass is 16.2. The van der Waals surface area contributed by atoms with Crippen molar-refractivity contribution in [2.75, 3.05) is 0 Å². The van der Waals surface area contributed by atoms with Gasteiger partial charge in [0.2, 0.25) is 0 Å². The first kappa shape index (κ1) is 12.0. The van der Waals surface area contributed by atoms with Crippen molar-refractivity contribution in [2.24, 2.45) is 0 Å². The van der Waals surface area contributed by atoms with Gasteiger partial charge in [-0.25, -0.2) is 4.79 Å². The zero-order valence-corrected chi connectivity index (χ0v) is 9.63. The van der Waals surface area contributed by atoms with Gasteiger partial charge in [0.05, 0.1) is 0 Å². The molecule has 0 saturated carbocycles. The Bertz CT molecular complexity index is 656. The van der Waals surface area contributed by atoms with Crippen molar-refractivity contribution in [3.05, 3.63) is 69.0 Å². The molecule has 0 aliphatic rings. The first-order valence-electron chi connectivity index (χ1n) is 5.55. The maximum atomic E-state index is 11.8. The minimum Gasteiger partial charge on any atom is -0.300 e. The van der Waals surface area contributed by atoms with Crippen LogP contribution < -0.4 is 11.2 Å². The zero-order chi connectivity index (χ0) is 13.0. The molecule has 0 aliphatic carbocycles. The summed E-state index contributed by atoms with van der Waals surface area (Å²) in [4.78, 5) is 36.2. The van der Waals surface area contributed by atoms with Gasteiger partial charge in [0.25, 0.3) is 5.56 Å². The molecule has 2 aromatic rings. The Kier molecular flexibility index (Phi) is 3.52. The van der Waals surface area contributed by atoms with Gasteiger partial charge in [0, 0.05) is 30.8 Å². The predicted molar refractivity (Wildman–Crippen MR) is 66.7 cm³/mol. The minimum absolute atomic E-state index is 0.0336. The van der Waals surface area contributed by atoms with Crippen molar-refractivity contribution in [1.29, 1.82) is 0 Å². The van der Waals surface area contributed by atoms with Crippen LogP contribution in [0.4, 0.5) is 0 Å². The van der Waals surface area contributed by atoms with E-state index in [4.69, 9.17) is 0 Å². The van der Waals surface area contributed by atoms with Gasteiger partial charge in [-0.1, -0.05) is 30.3 Å². The van der Waals surface area contributed by atoms with E-state index in [1.165, 1.54) is 16.8 Å². The predicted octanol–water partition coefficient (Wildman–Crippen LogP) is 0.810. The number of aromatic amines is 1. The van der Waals surface area contributed by atoms with E-state index in [-0.39, 0.29) is 18.7 Å². The van der Waals surface area contributed by atoms with E-state index in [9.17, 15) is 14.4 Å². The zero-order valence-electron chi connectivity index (χ0n) is 9.63. The van der Waals surface area contributed by atoms with E-state index in [1.807, 2.05) is 6.07 Å². The van der Waals surface area contributed by atoms with Crippen LogP contribution in [0.2, 0.25) is 0 Å². The smallest absolute Gasteiger partial charge is 0.300 e. The average Bonchev–Trinajstić information content (AvgIpc) is 2.38. The van der Waals surface area contributed by atoms with Crippen LogP contribution in [-0.2, 0) is 6.54 Å². The van der Waals surface area contributed by atoms with Crippen molar-refractivity contribution >= 4 is 5.78 Å². The number of rotatable bonds is 4. The van der Waals surface area contributed by atoms with Crippen LogP contribution in [0.25, 0.3) is 0 Å². The van der Waals surface area contributed by atoms with Crippen LogP contribution in [0.15, 0.2) is 52.2 Å². The lowest BCUT2D eigenvalue weighted by molar-refractivity contribution is 0.0976. The highest BCUT2D eigenvalue weighted by Gasteiger charge is 2.05. The summed E-state index contributed by atoms with van der Waals surface area (Å²) in [6.07, 6.45) is 1.61. The second-order valence-corrected chi connectivity index (χ2v) is 3.84. The van der Waals surface area contributed by atoms with Crippen LogP contribution in [-0.4, -0.2) is 15.3 Å². The first-order valence-corrected chi connectivity index (χ1v) is 5.55. The lowest BCUT2D eigenvalue weighted by Crippen LogP contribution is -2.29. The summed E-state index contributed by atoms with van der Waals surface area (Å²) in [6.45, 7) is 0.253. The van der Waals surface area contributed by atoms with E-state index < -0.39 is 11.2 Å². The van der Waals surface area contributed by atoms with E-state index in [2.05, 4.69) is 4.98 Å². The number of H-pyrrole nitrogens is 1. The Morgan fingerprint density at radius 1 is 1.11 bits per heavy atom. The van der Waals surface area contributed by atoms with Crippen LogP contribution in [0.1, 0.15) is 16.8 Å². The Hall–Kier alpha value is -2.43. The largest absolute Gasteiger partial charge is 0.328 e. The fourth-order valence-corrected chi connectivity index (χ4v) is 1.61. The molecule has 18 heavy (non-hydrogen) atoms. The van der Waals surface area contributed by atoms with Gasteiger partial charge in [0.1, 0.15) is 0 Å². The van der Waals surface area contributed by atoms with E-state index >= 15 is 0 Å². The summed E-state index contributed by atoms with van der Waals surface area (Å²) < 4.78 is 1.31. The normalized spacial score (nSPS) is 10.2. The number of carbonyl (C=O) groups excluding carboxylic acids is 1. The molecule has 0 spiro atoms. The maximum absolute atomic E-state index is 11.8. The highest BCUT2D eigenvalue weighted by Crippen LogP contribution is 2.03. The van der Waals surface area contributed by atoms with Gasteiger partial charge in [-0.2, -0.15) is 0 Å². The number of carbonyl (C=O) groups is 1. The van der Waals surface area contributed by atoms with Crippen molar-refractivity contribution in [1.82, 2.24) is 9.55 Å². The third-order valence-electron chi connectivity index (χ3n) is 2.57. The number of hydrogen-bond donors (Lipinski definition) is 1. The van der Waals surface area contributed by atoms with E-state index in [1.54, 1.807) is 24.3 Å². The molecular weight excluding hydrogens is 232 g/mol. The molecule has 0 unspecified atom stereocenters. The monoisotopic (exact) mass is 244 g/mol. The summed E-state index contributed by atoms with van der Waals surface area (Å²) in [6, 6.07) is 10.1. The summed E-state index contributed by atoms with van der Waals surface area (Å²) >= 11 is 0. The number of hydrogen-bond acceptors (Lipinski definition) is 3. The summed E-state index contributed by atoms with van der Waals surface area (Å²) in [5.41, 5.74) is -0.316. The summed E-state index contributed by atoms with van der Waals surface area (Å²) in [5, 5.41) is 0. The molecule has 5 nitrogen and oxygen atoms in total. The van der Waals surface area contributed by atoms with Crippen molar-refractivity contribution < 1.29 is 4.79 Å². The van der Waals surface area contributed by atoms with Gasteiger partial charge in [0.15, 0.2) is 5.78 Å². The Morgan fingerprint density at radius 2 is 1.83 bits per heavy atom. The third kappa shape index (κ3) is 2.82. The molecular formula is C13H12N2O3. The number of benzene rings is 1. The third-order valence-corrected chi connectivity index (χ3v) is 2.57. The quantitative estimate of drug-likeness (QED) is 0.809. The van der Waals surface area contributed by atoms with Crippen molar-refractivity contribution in [2.45, 2.75) is 13.0 Å². The molecule has 5 heteroatoms. The van der Waals surface area contributed by atoms with Crippen LogP contribution >= 0.6 is 0 Å². The van der Waals surface area contributed by atoms with Crippen LogP contribution in [0.3, 0.4) is 0 Å². The average molecular weight is 244 g/mol. The van der Waals surface area contributed by atoms with Crippen LogP contribution in [0, 0.1) is 0 Å². The topological polar surface area (TPSA) is 71.9 Å². The van der Waals surface area contributed by atoms with Crippen molar-refractivity contribution in [3.8, 4) is 0 Å². The number of nitrogens with one attached hydrogen (secondary N) is 1. The van der Waals surface area contributed by atoms with Gasteiger partial charge >= 0.3 is 5.69 Å². The molecule has 1 aromatic heterocycles. The fourth-order valence-electron chi connectivity index (χ4n) is 1.61. The standard InChI is InChI=1S/C13H12N2O3/c16-11(10-4-2-1-3-5-10)6-8-15-9-7-12(17)14-13(15)18/h1-5,7,9H,6,8H2,(H,14,17,18). The number of aromatic nitrogens is 2. The van der Waals surface area contributed by atoms with Gasteiger partial charge in [-0.05, 0) is 0 Å². The Morgan fingerprint density at radius 3 is 2.50 bits per heavy atom. The van der Waals surface area contributed by atoms with Crippen molar-refractivity contribution in [3.63, 3.8) is 0 Å². The molecule has 0 radical (unpaired) electrons. The number of nitrogens with zero attached hydrogens (tertiary/aromatic N) is 1. The van der Waals surface area contributed by atoms with Gasteiger partial charge < -0.3 is 4.57 Å². The number of Topliss-reactive ketones (excluding diaryl/α,β-unsaturated/α-hetero) is 1. The summed E-state index contributed by atoms with van der Waals surface area (Å²) in [7, 11) is 0. The molecule has 0 fully saturated rings. The molecule has 2 rings (SSSR count). The van der Waals surface area contributed by atoms with Gasteiger partial charge in [-0.15, -0.1) is 0 Å². The molecule has 1 heterocycles.